The van der Waals surface area contributed by atoms with E-state index < -0.39 is 0 Å². The van der Waals surface area contributed by atoms with Gasteiger partial charge in [-0.25, -0.2) is 0 Å². The second-order valence-electron chi connectivity index (χ2n) is 5.36. The summed E-state index contributed by atoms with van der Waals surface area (Å²) in [6.45, 7) is 1.26. The minimum Gasteiger partial charge on any atom is -0.506 e. The standard InChI is InChI=1S/C17H19ClN2O2/c1-20(2)11-14-6-4-3-5-13(14)10-19-17(22)12-7-8-16(21)15(18)9-12/h3-9,21H,10-11H2,1-2H3,(H,19,22). The van der Waals surface area contributed by atoms with Crippen molar-refractivity contribution in [3.8, 4) is 5.75 Å². The summed E-state index contributed by atoms with van der Waals surface area (Å²) in [5, 5.41) is 12.4. The highest BCUT2D eigenvalue weighted by molar-refractivity contribution is 6.32. The minimum absolute atomic E-state index is 0.0328. The predicted octanol–water partition coefficient (Wildman–Crippen LogP) is 3.04. The summed E-state index contributed by atoms with van der Waals surface area (Å²) in [6, 6.07) is 12.4. The number of phenolic OH excluding ortho intramolecular Hbond substituents is 1. The van der Waals surface area contributed by atoms with E-state index in [1.807, 2.05) is 32.3 Å². The Bertz CT molecular complexity index is 671. The van der Waals surface area contributed by atoms with Crippen LogP contribution in [0.15, 0.2) is 42.5 Å². The molecule has 0 aliphatic heterocycles. The maximum Gasteiger partial charge on any atom is 0.251 e. The molecule has 0 saturated carbocycles. The van der Waals surface area contributed by atoms with E-state index >= 15 is 0 Å². The van der Waals surface area contributed by atoms with Gasteiger partial charge in [-0.1, -0.05) is 35.9 Å². The third-order valence-corrected chi connectivity index (χ3v) is 3.56. The van der Waals surface area contributed by atoms with Gasteiger partial charge in [0.15, 0.2) is 0 Å². The van der Waals surface area contributed by atoms with Crippen LogP contribution in [0, 0.1) is 0 Å². The van der Waals surface area contributed by atoms with Crippen molar-refractivity contribution in [2.45, 2.75) is 13.1 Å². The number of halogens is 1. The maximum absolute atomic E-state index is 12.2. The Hall–Kier alpha value is -2.04. The van der Waals surface area contributed by atoms with E-state index in [0.717, 1.165) is 12.1 Å². The van der Waals surface area contributed by atoms with E-state index in [1.54, 1.807) is 6.07 Å². The van der Waals surface area contributed by atoms with E-state index in [4.69, 9.17) is 11.6 Å². The zero-order chi connectivity index (χ0) is 16.1. The van der Waals surface area contributed by atoms with Crippen LogP contribution < -0.4 is 5.32 Å². The zero-order valence-electron chi connectivity index (χ0n) is 12.6. The molecule has 4 nitrogen and oxygen atoms in total. The Kier molecular flexibility index (Phi) is 5.41. The molecule has 0 bridgehead atoms. The molecular weight excluding hydrogens is 300 g/mol. The van der Waals surface area contributed by atoms with Crippen LogP contribution in [0.4, 0.5) is 0 Å². The number of phenols is 1. The molecule has 0 spiro atoms. The topological polar surface area (TPSA) is 52.6 Å². The molecule has 0 atom stereocenters. The molecule has 0 unspecified atom stereocenters. The van der Waals surface area contributed by atoms with Crippen molar-refractivity contribution in [1.82, 2.24) is 10.2 Å². The summed E-state index contributed by atoms with van der Waals surface area (Å²) in [5.74, 6) is -0.254. The lowest BCUT2D eigenvalue weighted by Crippen LogP contribution is -2.24. The van der Waals surface area contributed by atoms with Crippen LogP contribution in [0.2, 0.25) is 5.02 Å². The first-order chi connectivity index (χ1) is 10.5. The highest BCUT2D eigenvalue weighted by Crippen LogP contribution is 2.23. The molecule has 0 fully saturated rings. The minimum atomic E-state index is -0.221. The van der Waals surface area contributed by atoms with E-state index in [9.17, 15) is 9.90 Å². The normalized spacial score (nSPS) is 10.7. The van der Waals surface area contributed by atoms with Crippen LogP contribution in [0.5, 0.6) is 5.75 Å². The number of aromatic hydroxyl groups is 1. The lowest BCUT2D eigenvalue weighted by molar-refractivity contribution is 0.0951. The van der Waals surface area contributed by atoms with Crippen molar-refractivity contribution >= 4 is 17.5 Å². The van der Waals surface area contributed by atoms with Crippen molar-refractivity contribution in [2.24, 2.45) is 0 Å². The van der Waals surface area contributed by atoms with Gasteiger partial charge < -0.3 is 15.3 Å². The average Bonchev–Trinajstić information content (AvgIpc) is 2.48. The lowest BCUT2D eigenvalue weighted by Gasteiger charge is -2.14. The number of hydrogen-bond acceptors (Lipinski definition) is 3. The molecule has 0 saturated heterocycles. The summed E-state index contributed by atoms with van der Waals surface area (Å²) >= 11 is 5.82. The Morgan fingerprint density at radius 1 is 1.18 bits per heavy atom. The number of nitrogens with zero attached hydrogens (tertiary/aromatic N) is 1. The molecule has 0 aliphatic carbocycles. The molecule has 2 rings (SSSR count). The van der Waals surface area contributed by atoms with Crippen LogP contribution >= 0.6 is 11.6 Å². The van der Waals surface area contributed by atoms with Gasteiger partial charge in [0.2, 0.25) is 0 Å². The van der Waals surface area contributed by atoms with Crippen LogP contribution in [0.25, 0.3) is 0 Å². The van der Waals surface area contributed by atoms with Gasteiger partial charge in [-0.05, 0) is 43.4 Å². The van der Waals surface area contributed by atoms with Gasteiger partial charge in [-0.15, -0.1) is 0 Å². The van der Waals surface area contributed by atoms with Crippen LogP contribution in [0.1, 0.15) is 21.5 Å². The summed E-state index contributed by atoms with van der Waals surface area (Å²) in [7, 11) is 4.02. The number of rotatable bonds is 5. The number of nitrogens with one attached hydrogen (secondary N) is 1. The molecule has 1 amide bonds. The average molecular weight is 319 g/mol. The predicted molar refractivity (Wildman–Crippen MR) is 88.1 cm³/mol. The number of carbonyl (C=O) groups is 1. The van der Waals surface area contributed by atoms with E-state index in [-0.39, 0.29) is 16.7 Å². The summed E-state index contributed by atoms with van der Waals surface area (Å²) < 4.78 is 0. The fourth-order valence-corrected chi connectivity index (χ4v) is 2.33. The molecule has 22 heavy (non-hydrogen) atoms. The molecule has 0 radical (unpaired) electrons. The van der Waals surface area contributed by atoms with E-state index in [2.05, 4.69) is 16.3 Å². The Morgan fingerprint density at radius 2 is 1.86 bits per heavy atom. The first kappa shape index (κ1) is 16.3. The second kappa shape index (κ2) is 7.29. The van der Waals surface area contributed by atoms with Crippen molar-refractivity contribution in [2.75, 3.05) is 14.1 Å². The first-order valence-corrected chi connectivity index (χ1v) is 7.33. The van der Waals surface area contributed by atoms with Crippen LogP contribution in [0.3, 0.4) is 0 Å². The largest absolute Gasteiger partial charge is 0.506 e. The molecule has 5 heteroatoms. The first-order valence-electron chi connectivity index (χ1n) is 6.95. The summed E-state index contributed by atoms with van der Waals surface area (Å²) in [4.78, 5) is 14.2. The van der Waals surface area contributed by atoms with Crippen LogP contribution in [-0.4, -0.2) is 30.0 Å². The zero-order valence-corrected chi connectivity index (χ0v) is 13.4. The summed E-state index contributed by atoms with van der Waals surface area (Å²) in [5.41, 5.74) is 2.68. The lowest BCUT2D eigenvalue weighted by atomic mass is 10.1. The van der Waals surface area contributed by atoms with Gasteiger partial charge in [-0.2, -0.15) is 0 Å². The quantitative estimate of drug-likeness (QED) is 0.891. The molecule has 116 valence electrons. The Labute approximate surface area is 135 Å². The smallest absolute Gasteiger partial charge is 0.251 e. The SMILES string of the molecule is CN(C)Cc1ccccc1CNC(=O)c1ccc(O)c(Cl)c1. The molecule has 2 N–H and O–H groups in total. The molecule has 0 heterocycles. The maximum atomic E-state index is 12.2. The third-order valence-electron chi connectivity index (χ3n) is 3.25. The van der Waals surface area contributed by atoms with Crippen molar-refractivity contribution in [3.63, 3.8) is 0 Å². The van der Waals surface area contributed by atoms with Gasteiger partial charge in [0.25, 0.3) is 5.91 Å². The highest BCUT2D eigenvalue weighted by atomic mass is 35.5. The molecule has 0 aliphatic rings. The third kappa shape index (κ3) is 4.23. The van der Waals surface area contributed by atoms with Crippen molar-refractivity contribution < 1.29 is 9.90 Å². The van der Waals surface area contributed by atoms with Crippen molar-refractivity contribution in [1.29, 1.82) is 0 Å². The molecular formula is C17H19ClN2O2. The molecule has 2 aromatic rings. The van der Waals surface area contributed by atoms with Gasteiger partial charge in [-0.3, -0.25) is 4.79 Å². The number of amides is 1. The highest BCUT2D eigenvalue weighted by Gasteiger charge is 2.09. The van der Waals surface area contributed by atoms with E-state index in [1.165, 1.54) is 17.7 Å². The number of hydrogen-bond donors (Lipinski definition) is 2. The summed E-state index contributed by atoms with van der Waals surface area (Å²) in [6.07, 6.45) is 0. The Morgan fingerprint density at radius 3 is 2.50 bits per heavy atom. The fraction of sp³-hybridized carbons (Fsp3) is 0.235. The van der Waals surface area contributed by atoms with Crippen molar-refractivity contribution in [3.05, 3.63) is 64.2 Å². The van der Waals surface area contributed by atoms with Gasteiger partial charge >= 0.3 is 0 Å². The van der Waals surface area contributed by atoms with Gasteiger partial charge in [0.05, 0.1) is 5.02 Å². The van der Waals surface area contributed by atoms with Gasteiger partial charge in [0, 0.05) is 18.7 Å². The molecule has 0 aromatic heterocycles. The molecule has 2 aromatic carbocycles. The van der Waals surface area contributed by atoms with E-state index in [0.29, 0.717) is 12.1 Å². The monoisotopic (exact) mass is 318 g/mol. The fourth-order valence-electron chi connectivity index (χ4n) is 2.15. The number of carbonyl (C=O) groups excluding carboxylic acids is 1. The second-order valence-corrected chi connectivity index (χ2v) is 5.76. The van der Waals surface area contributed by atoms with Gasteiger partial charge in [0.1, 0.15) is 5.75 Å². The Balaban J connectivity index is 2.06. The van der Waals surface area contributed by atoms with Crippen LogP contribution in [-0.2, 0) is 13.1 Å². The number of benzene rings is 2.